The summed E-state index contributed by atoms with van der Waals surface area (Å²) in [6.45, 7) is 1.35. The third-order valence-corrected chi connectivity index (χ3v) is 6.78. The normalized spacial score (nSPS) is 17.7. The molecule has 2 aromatic carbocycles. The third-order valence-electron chi connectivity index (χ3n) is 6.33. The van der Waals surface area contributed by atoms with Crippen LogP contribution in [0.4, 0.5) is 17.5 Å². The van der Waals surface area contributed by atoms with Gasteiger partial charge in [0.2, 0.25) is 11.8 Å². The van der Waals surface area contributed by atoms with Gasteiger partial charge >= 0.3 is 5.69 Å². The number of hydrogen-bond donors (Lipinski definition) is 4. The van der Waals surface area contributed by atoms with Crippen LogP contribution in [0.5, 0.6) is 0 Å². The van der Waals surface area contributed by atoms with E-state index in [1.807, 2.05) is 42.5 Å². The second kappa shape index (κ2) is 11.4. The second-order valence-electron chi connectivity index (χ2n) is 8.78. The molecular weight excluding hydrogens is 468 g/mol. The Kier molecular flexibility index (Phi) is 8.12. The molecule has 1 fully saturated rings. The van der Waals surface area contributed by atoms with Gasteiger partial charge in [0.15, 0.2) is 0 Å². The molecule has 0 aliphatic heterocycles. The van der Waals surface area contributed by atoms with Gasteiger partial charge in [-0.1, -0.05) is 48.0 Å². The van der Waals surface area contributed by atoms with Crippen LogP contribution in [-0.4, -0.2) is 32.6 Å². The highest BCUT2D eigenvalue weighted by atomic mass is 35.5. The van der Waals surface area contributed by atoms with Crippen LogP contribution < -0.4 is 16.4 Å². The van der Waals surface area contributed by atoms with Crippen LogP contribution in [0.15, 0.2) is 48.7 Å². The fourth-order valence-corrected chi connectivity index (χ4v) is 4.60. The van der Waals surface area contributed by atoms with E-state index in [2.05, 4.69) is 20.6 Å². The Hall–Kier alpha value is -3.27. The summed E-state index contributed by atoms with van der Waals surface area (Å²) in [6, 6.07) is 13.7. The van der Waals surface area contributed by atoms with E-state index in [0.717, 1.165) is 47.9 Å². The zero-order valence-corrected chi connectivity index (χ0v) is 20.0. The number of hydrogen-bond acceptors (Lipinski definition) is 8. The number of aromatic nitrogens is 2. The van der Waals surface area contributed by atoms with Gasteiger partial charge in [-0.25, -0.2) is 4.98 Å². The summed E-state index contributed by atoms with van der Waals surface area (Å²) in [6.07, 6.45) is 4.22. The first kappa shape index (κ1) is 24.8. The highest BCUT2D eigenvalue weighted by Gasteiger charge is 2.22. The van der Waals surface area contributed by atoms with E-state index in [9.17, 15) is 15.2 Å². The summed E-state index contributed by atoms with van der Waals surface area (Å²) in [5.74, 6) is 0.782. The van der Waals surface area contributed by atoms with E-state index >= 15 is 0 Å². The van der Waals surface area contributed by atoms with Crippen molar-refractivity contribution in [2.24, 2.45) is 11.7 Å². The summed E-state index contributed by atoms with van der Waals surface area (Å²) in [4.78, 5) is 19.5. The van der Waals surface area contributed by atoms with Gasteiger partial charge in [-0.15, -0.1) is 0 Å². The van der Waals surface area contributed by atoms with Crippen LogP contribution in [0, 0.1) is 16.0 Å². The molecule has 0 saturated heterocycles. The Labute approximate surface area is 208 Å². The van der Waals surface area contributed by atoms with Crippen LogP contribution in [0.1, 0.15) is 36.8 Å². The van der Waals surface area contributed by atoms with Gasteiger partial charge in [0.1, 0.15) is 6.20 Å². The largest absolute Gasteiger partial charge is 0.393 e. The lowest BCUT2D eigenvalue weighted by atomic mass is 9.87. The molecule has 3 aromatic rings. The Morgan fingerprint density at radius 2 is 1.91 bits per heavy atom. The fourth-order valence-electron chi connectivity index (χ4n) is 4.29. The van der Waals surface area contributed by atoms with Crippen molar-refractivity contribution >= 4 is 29.1 Å². The predicted molar refractivity (Wildman–Crippen MR) is 137 cm³/mol. The first-order valence-electron chi connectivity index (χ1n) is 11.7. The maximum absolute atomic E-state index is 11.5. The van der Waals surface area contributed by atoms with Gasteiger partial charge in [0, 0.05) is 25.2 Å². The van der Waals surface area contributed by atoms with E-state index < -0.39 is 4.92 Å². The molecule has 1 aliphatic carbocycles. The minimum Gasteiger partial charge on any atom is -0.393 e. The molecule has 0 amide bonds. The van der Waals surface area contributed by atoms with E-state index in [-0.39, 0.29) is 23.6 Å². The van der Waals surface area contributed by atoms with E-state index in [0.29, 0.717) is 30.6 Å². The molecule has 0 spiro atoms. The number of halogens is 1. The van der Waals surface area contributed by atoms with Gasteiger partial charge in [-0.05, 0) is 54.4 Å². The van der Waals surface area contributed by atoms with Gasteiger partial charge in [0.25, 0.3) is 0 Å². The summed E-state index contributed by atoms with van der Waals surface area (Å²) >= 11 is 6.72. The number of nitrogens with one attached hydrogen (secondary N) is 2. The summed E-state index contributed by atoms with van der Waals surface area (Å²) in [5, 5.41) is 28.0. The zero-order chi connectivity index (χ0) is 24.8. The van der Waals surface area contributed by atoms with Crippen molar-refractivity contribution in [1.29, 1.82) is 0 Å². The van der Waals surface area contributed by atoms with Crippen molar-refractivity contribution < 1.29 is 10.0 Å². The molecule has 1 aliphatic rings. The smallest absolute Gasteiger partial charge is 0.329 e. The van der Waals surface area contributed by atoms with Crippen LogP contribution in [-0.2, 0) is 13.1 Å². The van der Waals surface area contributed by atoms with Gasteiger partial charge < -0.3 is 21.5 Å². The molecule has 0 bridgehead atoms. The number of aliphatic hydroxyl groups is 1. The molecule has 35 heavy (non-hydrogen) atoms. The van der Waals surface area contributed by atoms with Crippen molar-refractivity contribution in [2.75, 3.05) is 17.2 Å². The SMILES string of the molecule is NCc1cccc(-c2cccc(CNc3ncc([N+](=O)[O-])c(NCC4CCC(O)CC4)n3)c2Cl)c1. The highest BCUT2D eigenvalue weighted by molar-refractivity contribution is 6.34. The molecule has 5 N–H and O–H groups in total. The third kappa shape index (κ3) is 6.25. The number of nitro groups is 1. The number of rotatable bonds is 9. The summed E-state index contributed by atoms with van der Waals surface area (Å²) in [5.41, 5.74) is 9.34. The zero-order valence-electron chi connectivity index (χ0n) is 19.3. The standard InChI is InChI=1S/C25H29ClN6O3/c26-23-19(5-2-6-21(23)18-4-1-3-17(11-18)12-27)14-29-25-30-15-22(32(34)35)24(31-25)28-13-16-7-9-20(33)10-8-16/h1-6,11,15-16,20,33H,7-10,12-14,27H2,(H2,28,29,30,31). The Morgan fingerprint density at radius 1 is 1.14 bits per heavy atom. The van der Waals surface area contributed by atoms with Gasteiger partial charge in [-0.3, -0.25) is 10.1 Å². The molecule has 0 atom stereocenters. The average Bonchev–Trinajstić information content (AvgIpc) is 2.87. The van der Waals surface area contributed by atoms with Crippen molar-refractivity contribution in [3.05, 3.63) is 74.9 Å². The van der Waals surface area contributed by atoms with E-state index in [1.165, 1.54) is 6.20 Å². The molecule has 1 aromatic heterocycles. The summed E-state index contributed by atoms with van der Waals surface area (Å²) in [7, 11) is 0. The number of nitrogens with zero attached hydrogens (tertiary/aromatic N) is 3. The lowest BCUT2D eigenvalue weighted by molar-refractivity contribution is -0.384. The lowest BCUT2D eigenvalue weighted by Crippen LogP contribution is -2.24. The van der Waals surface area contributed by atoms with E-state index in [1.54, 1.807) is 0 Å². The Balaban J connectivity index is 1.47. The van der Waals surface area contributed by atoms with Gasteiger partial charge in [0.05, 0.1) is 16.0 Å². The predicted octanol–water partition coefficient (Wildman–Crippen LogP) is 4.74. The molecule has 0 unspecified atom stereocenters. The quantitative estimate of drug-likeness (QED) is 0.246. The minimum absolute atomic E-state index is 0.175. The van der Waals surface area contributed by atoms with Crippen molar-refractivity contribution in [2.45, 2.75) is 44.9 Å². The molecule has 10 heteroatoms. The molecule has 0 radical (unpaired) electrons. The number of anilines is 2. The molecular formula is C25H29ClN6O3. The average molecular weight is 497 g/mol. The molecule has 4 rings (SSSR count). The maximum atomic E-state index is 11.5. The first-order valence-corrected chi connectivity index (χ1v) is 12.1. The minimum atomic E-state index is -0.494. The lowest BCUT2D eigenvalue weighted by Gasteiger charge is -2.25. The van der Waals surface area contributed by atoms with Crippen molar-refractivity contribution in [3.63, 3.8) is 0 Å². The Bertz CT molecular complexity index is 1180. The number of aliphatic hydroxyl groups excluding tert-OH is 1. The molecule has 9 nitrogen and oxygen atoms in total. The van der Waals surface area contributed by atoms with Crippen LogP contribution in [0.3, 0.4) is 0 Å². The fraction of sp³-hybridized carbons (Fsp3) is 0.360. The molecule has 1 heterocycles. The maximum Gasteiger partial charge on any atom is 0.329 e. The number of nitrogens with two attached hydrogens (primary N) is 1. The second-order valence-corrected chi connectivity index (χ2v) is 9.15. The van der Waals surface area contributed by atoms with E-state index in [4.69, 9.17) is 17.3 Å². The first-order chi connectivity index (χ1) is 16.9. The van der Waals surface area contributed by atoms with Crippen LogP contribution >= 0.6 is 11.6 Å². The summed E-state index contributed by atoms with van der Waals surface area (Å²) < 4.78 is 0. The number of benzene rings is 2. The van der Waals surface area contributed by atoms with Crippen molar-refractivity contribution in [1.82, 2.24) is 9.97 Å². The van der Waals surface area contributed by atoms with Gasteiger partial charge in [-0.2, -0.15) is 4.98 Å². The topological polar surface area (TPSA) is 139 Å². The Morgan fingerprint density at radius 3 is 2.66 bits per heavy atom. The molecule has 184 valence electrons. The highest BCUT2D eigenvalue weighted by Crippen LogP contribution is 2.32. The van der Waals surface area contributed by atoms with Crippen molar-refractivity contribution in [3.8, 4) is 11.1 Å². The monoisotopic (exact) mass is 496 g/mol. The van der Waals surface area contributed by atoms with Crippen LogP contribution in [0.25, 0.3) is 11.1 Å². The van der Waals surface area contributed by atoms with Crippen LogP contribution in [0.2, 0.25) is 5.02 Å². The molecule has 1 saturated carbocycles.